The summed E-state index contributed by atoms with van der Waals surface area (Å²) >= 11 is 0. The van der Waals surface area contributed by atoms with Gasteiger partial charge in [0, 0.05) is 11.6 Å². The summed E-state index contributed by atoms with van der Waals surface area (Å²) in [6.07, 6.45) is 3.07. The number of fused-ring (bicyclic) bond motifs is 1. The van der Waals surface area contributed by atoms with Crippen molar-refractivity contribution in [1.29, 1.82) is 0 Å². The topological polar surface area (TPSA) is 72.0 Å². The van der Waals surface area contributed by atoms with Gasteiger partial charge in [-0.15, -0.1) is 0 Å². The summed E-state index contributed by atoms with van der Waals surface area (Å²) < 4.78 is 30.8. The largest absolute Gasteiger partial charge is 0.494 e. The van der Waals surface area contributed by atoms with Crippen molar-refractivity contribution in [2.75, 3.05) is 7.11 Å². The molecule has 1 N–H and O–H groups in total. The maximum absolute atomic E-state index is 12.8. The first-order valence-corrected chi connectivity index (χ1v) is 7.43. The molecule has 0 aliphatic carbocycles. The van der Waals surface area contributed by atoms with Crippen molar-refractivity contribution in [1.82, 2.24) is 9.97 Å². The molecular formula is C14H12N2O3S. The monoisotopic (exact) mass is 288 g/mol. The van der Waals surface area contributed by atoms with Gasteiger partial charge in [0.05, 0.1) is 18.2 Å². The fourth-order valence-electron chi connectivity index (χ4n) is 2.11. The van der Waals surface area contributed by atoms with Crippen LogP contribution in [0, 0.1) is 0 Å². The molecule has 0 unspecified atom stereocenters. The minimum Gasteiger partial charge on any atom is -0.494 e. The molecule has 0 fully saturated rings. The molecule has 2 heterocycles. The van der Waals surface area contributed by atoms with E-state index in [1.165, 1.54) is 13.3 Å². The van der Waals surface area contributed by atoms with Crippen LogP contribution >= 0.6 is 0 Å². The van der Waals surface area contributed by atoms with Gasteiger partial charge >= 0.3 is 0 Å². The van der Waals surface area contributed by atoms with E-state index in [4.69, 9.17) is 4.74 Å². The predicted octanol–water partition coefficient (Wildman–Crippen LogP) is 2.40. The van der Waals surface area contributed by atoms with Crippen molar-refractivity contribution in [3.05, 3.63) is 48.8 Å². The standard InChI is InChI=1S/C14H12N2O3S/c1-19-12-9-16-14-11(7-8-15-14)13(12)20(17,18)10-5-3-2-4-6-10/h2-9H,1H3,(H,15,16). The van der Waals surface area contributed by atoms with Gasteiger partial charge in [-0.3, -0.25) is 0 Å². The Hall–Kier alpha value is -2.34. The van der Waals surface area contributed by atoms with Gasteiger partial charge in [0.15, 0.2) is 5.75 Å². The third-order valence-electron chi connectivity index (χ3n) is 3.05. The van der Waals surface area contributed by atoms with Crippen LogP contribution in [0.15, 0.2) is 58.6 Å². The van der Waals surface area contributed by atoms with Crippen LogP contribution in [0.1, 0.15) is 0 Å². The SMILES string of the molecule is COc1cnc2[nH]ccc2c1S(=O)(=O)c1ccccc1. The number of sulfone groups is 1. The highest BCUT2D eigenvalue weighted by molar-refractivity contribution is 7.91. The number of hydrogen-bond acceptors (Lipinski definition) is 4. The molecule has 1 aromatic carbocycles. The maximum Gasteiger partial charge on any atom is 0.211 e. The molecule has 0 spiro atoms. The zero-order chi connectivity index (χ0) is 14.2. The van der Waals surface area contributed by atoms with Crippen molar-refractivity contribution >= 4 is 20.9 Å². The lowest BCUT2D eigenvalue weighted by Gasteiger charge is -2.10. The average molecular weight is 288 g/mol. The molecule has 102 valence electrons. The van der Waals surface area contributed by atoms with E-state index in [2.05, 4.69) is 9.97 Å². The van der Waals surface area contributed by atoms with Gasteiger partial charge < -0.3 is 9.72 Å². The highest BCUT2D eigenvalue weighted by atomic mass is 32.2. The van der Waals surface area contributed by atoms with Gasteiger partial charge in [0.25, 0.3) is 0 Å². The average Bonchev–Trinajstić information content (AvgIpc) is 2.95. The van der Waals surface area contributed by atoms with E-state index < -0.39 is 9.84 Å². The number of aromatic nitrogens is 2. The van der Waals surface area contributed by atoms with Crippen LogP contribution in [0.2, 0.25) is 0 Å². The van der Waals surface area contributed by atoms with Gasteiger partial charge in [0.1, 0.15) is 10.5 Å². The first-order chi connectivity index (χ1) is 9.64. The molecule has 0 amide bonds. The highest BCUT2D eigenvalue weighted by Gasteiger charge is 2.25. The zero-order valence-electron chi connectivity index (χ0n) is 10.7. The molecule has 20 heavy (non-hydrogen) atoms. The van der Waals surface area contributed by atoms with Crippen LogP contribution in [0.3, 0.4) is 0 Å². The number of methoxy groups -OCH3 is 1. The number of rotatable bonds is 3. The molecule has 3 aromatic rings. The summed E-state index contributed by atoms with van der Waals surface area (Å²) in [5, 5.41) is 0.521. The van der Waals surface area contributed by atoms with E-state index in [0.717, 1.165) is 0 Å². The Balaban J connectivity index is 2.36. The second-order valence-corrected chi connectivity index (χ2v) is 6.10. The van der Waals surface area contributed by atoms with E-state index in [-0.39, 0.29) is 15.5 Å². The Morgan fingerprint density at radius 3 is 2.60 bits per heavy atom. The van der Waals surface area contributed by atoms with Gasteiger partial charge in [-0.05, 0) is 18.2 Å². The number of hydrogen-bond donors (Lipinski definition) is 1. The van der Waals surface area contributed by atoms with Gasteiger partial charge in [0.2, 0.25) is 9.84 Å². The van der Waals surface area contributed by atoms with Crippen LogP contribution in [0.25, 0.3) is 11.0 Å². The van der Waals surface area contributed by atoms with Crippen molar-refractivity contribution < 1.29 is 13.2 Å². The molecule has 0 atom stereocenters. The van der Waals surface area contributed by atoms with Crippen molar-refractivity contribution in [3.8, 4) is 5.75 Å². The van der Waals surface area contributed by atoms with Gasteiger partial charge in [-0.2, -0.15) is 0 Å². The Morgan fingerprint density at radius 2 is 1.90 bits per heavy atom. The zero-order valence-corrected chi connectivity index (χ0v) is 11.5. The summed E-state index contributed by atoms with van der Waals surface area (Å²) in [4.78, 5) is 7.40. The summed E-state index contributed by atoms with van der Waals surface area (Å²) in [5.74, 6) is 0.237. The second kappa shape index (κ2) is 4.64. The number of aromatic amines is 1. The Bertz CT molecular complexity index is 855. The fourth-order valence-corrected chi connectivity index (χ4v) is 3.71. The van der Waals surface area contributed by atoms with Crippen LogP contribution in [-0.4, -0.2) is 25.5 Å². The van der Waals surface area contributed by atoms with E-state index in [1.807, 2.05) is 0 Å². The Labute approximate surface area is 116 Å². The molecule has 6 heteroatoms. The number of ether oxygens (including phenoxy) is 1. The third kappa shape index (κ3) is 1.85. The Kier molecular flexibility index (Phi) is 2.94. The Morgan fingerprint density at radius 1 is 1.15 bits per heavy atom. The molecule has 3 rings (SSSR count). The molecule has 0 saturated carbocycles. The lowest BCUT2D eigenvalue weighted by atomic mass is 10.3. The minimum absolute atomic E-state index is 0.137. The first kappa shape index (κ1) is 12.7. The summed E-state index contributed by atoms with van der Waals surface area (Å²) in [6.45, 7) is 0. The smallest absolute Gasteiger partial charge is 0.211 e. The maximum atomic E-state index is 12.8. The molecule has 0 aliphatic rings. The van der Waals surface area contributed by atoms with E-state index in [1.54, 1.807) is 42.6 Å². The minimum atomic E-state index is -3.66. The van der Waals surface area contributed by atoms with E-state index >= 15 is 0 Å². The predicted molar refractivity (Wildman–Crippen MR) is 74.5 cm³/mol. The molecular weight excluding hydrogens is 276 g/mol. The third-order valence-corrected chi connectivity index (χ3v) is 4.90. The van der Waals surface area contributed by atoms with Crippen LogP contribution in [-0.2, 0) is 9.84 Å². The summed E-state index contributed by atoms with van der Waals surface area (Å²) in [6, 6.07) is 9.96. The fraction of sp³-hybridized carbons (Fsp3) is 0.0714. The van der Waals surface area contributed by atoms with Crippen LogP contribution in [0.5, 0.6) is 5.75 Å². The molecule has 0 radical (unpaired) electrons. The first-order valence-electron chi connectivity index (χ1n) is 5.95. The summed E-state index contributed by atoms with van der Waals surface area (Å²) in [7, 11) is -2.23. The van der Waals surface area contributed by atoms with E-state index in [0.29, 0.717) is 11.0 Å². The molecule has 0 saturated heterocycles. The normalized spacial score (nSPS) is 11.7. The number of H-pyrrole nitrogens is 1. The van der Waals surface area contributed by atoms with Gasteiger partial charge in [-0.25, -0.2) is 13.4 Å². The highest BCUT2D eigenvalue weighted by Crippen LogP contribution is 2.34. The lowest BCUT2D eigenvalue weighted by molar-refractivity contribution is 0.402. The van der Waals surface area contributed by atoms with Crippen molar-refractivity contribution in [2.45, 2.75) is 9.79 Å². The molecule has 0 aliphatic heterocycles. The molecule has 0 bridgehead atoms. The number of nitrogens with one attached hydrogen (secondary N) is 1. The van der Waals surface area contributed by atoms with Gasteiger partial charge in [-0.1, -0.05) is 18.2 Å². The van der Waals surface area contributed by atoms with E-state index in [9.17, 15) is 8.42 Å². The summed E-state index contributed by atoms with van der Waals surface area (Å²) in [5.41, 5.74) is 0.514. The number of pyridine rings is 1. The number of benzene rings is 1. The van der Waals surface area contributed by atoms with Crippen LogP contribution in [0.4, 0.5) is 0 Å². The number of nitrogens with zero attached hydrogens (tertiary/aromatic N) is 1. The van der Waals surface area contributed by atoms with Crippen molar-refractivity contribution in [3.63, 3.8) is 0 Å². The van der Waals surface area contributed by atoms with Crippen molar-refractivity contribution in [2.24, 2.45) is 0 Å². The second-order valence-electron chi connectivity index (χ2n) is 4.21. The quantitative estimate of drug-likeness (QED) is 0.803. The van der Waals surface area contributed by atoms with Crippen LogP contribution < -0.4 is 4.74 Å². The molecule has 5 nitrogen and oxygen atoms in total. The molecule has 2 aromatic heterocycles. The lowest BCUT2D eigenvalue weighted by Crippen LogP contribution is -2.05.